The molecule has 0 saturated heterocycles. The predicted molar refractivity (Wildman–Crippen MR) is 76.6 cm³/mol. The summed E-state index contributed by atoms with van der Waals surface area (Å²) in [6.07, 6.45) is 0.922. The van der Waals surface area contributed by atoms with Crippen LogP contribution in [0.4, 0.5) is 0 Å². The Balaban J connectivity index is 1.48. The van der Waals surface area contributed by atoms with Gasteiger partial charge in [0.1, 0.15) is 19.0 Å². The number of halogens is 1. The lowest BCUT2D eigenvalue weighted by molar-refractivity contribution is 0.171. The van der Waals surface area contributed by atoms with E-state index in [9.17, 15) is 0 Å². The Bertz CT molecular complexity index is 582. The van der Waals surface area contributed by atoms with Crippen LogP contribution in [0.1, 0.15) is 11.3 Å². The Morgan fingerprint density at radius 1 is 1.05 bits per heavy atom. The molecule has 0 fully saturated rings. The molecule has 0 bridgehead atoms. The molecule has 0 saturated carbocycles. The zero-order chi connectivity index (χ0) is 13.8. The molecule has 0 spiro atoms. The van der Waals surface area contributed by atoms with E-state index in [1.807, 2.05) is 18.2 Å². The average molecular weight is 294 g/mol. The van der Waals surface area contributed by atoms with E-state index < -0.39 is 0 Å². The van der Waals surface area contributed by atoms with E-state index in [1.54, 1.807) is 6.07 Å². The molecule has 2 heterocycles. The summed E-state index contributed by atoms with van der Waals surface area (Å²) in [6.45, 7) is 2.78. The number of nitrogens with one attached hydrogen (secondary N) is 1. The molecule has 1 aromatic carbocycles. The highest BCUT2D eigenvalue weighted by Crippen LogP contribution is 2.30. The van der Waals surface area contributed by atoms with Crippen LogP contribution in [0.5, 0.6) is 11.5 Å². The first kappa shape index (κ1) is 13.3. The Morgan fingerprint density at radius 2 is 1.90 bits per heavy atom. The van der Waals surface area contributed by atoms with Crippen molar-refractivity contribution in [3.8, 4) is 11.5 Å². The number of furan rings is 1. The number of hydrogen-bond donors (Lipinski definition) is 1. The molecule has 5 heteroatoms. The van der Waals surface area contributed by atoms with Gasteiger partial charge in [-0.15, -0.1) is 0 Å². The lowest BCUT2D eigenvalue weighted by atomic mass is 10.1. The summed E-state index contributed by atoms with van der Waals surface area (Å²) in [4.78, 5) is 0. The van der Waals surface area contributed by atoms with Gasteiger partial charge in [-0.3, -0.25) is 0 Å². The van der Waals surface area contributed by atoms with Gasteiger partial charge in [0, 0.05) is 0 Å². The molecule has 1 N–H and O–H groups in total. The zero-order valence-electron chi connectivity index (χ0n) is 11.0. The maximum absolute atomic E-state index is 5.72. The zero-order valence-corrected chi connectivity index (χ0v) is 11.8. The third kappa shape index (κ3) is 3.26. The molecule has 1 aliphatic rings. The van der Waals surface area contributed by atoms with Crippen LogP contribution in [-0.4, -0.2) is 19.8 Å². The number of hydrogen-bond acceptors (Lipinski definition) is 4. The van der Waals surface area contributed by atoms with Gasteiger partial charge in [0.15, 0.2) is 16.7 Å². The van der Waals surface area contributed by atoms with Crippen molar-refractivity contribution in [2.24, 2.45) is 0 Å². The molecule has 1 aliphatic heterocycles. The van der Waals surface area contributed by atoms with Gasteiger partial charge in [0.2, 0.25) is 0 Å². The summed E-state index contributed by atoms with van der Waals surface area (Å²) < 4.78 is 16.3. The van der Waals surface area contributed by atoms with E-state index in [4.69, 9.17) is 25.5 Å². The summed E-state index contributed by atoms with van der Waals surface area (Å²) in [5.74, 6) is 2.52. The largest absolute Gasteiger partial charge is 0.486 e. The van der Waals surface area contributed by atoms with Crippen LogP contribution in [-0.2, 0) is 13.0 Å². The maximum atomic E-state index is 5.72. The standard InChI is InChI=1S/C15H16ClNO3/c16-15-4-2-12(20-15)10-17-6-5-11-1-3-13-14(9-11)19-8-7-18-13/h1-4,9,17H,5-8,10H2. The summed E-state index contributed by atoms with van der Waals surface area (Å²) in [6, 6.07) is 9.70. The topological polar surface area (TPSA) is 43.6 Å². The smallest absolute Gasteiger partial charge is 0.193 e. The van der Waals surface area contributed by atoms with Gasteiger partial charge in [0.05, 0.1) is 6.54 Å². The van der Waals surface area contributed by atoms with Crippen molar-refractivity contribution in [3.63, 3.8) is 0 Å². The van der Waals surface area contributed by atoms with E-state index in [0.29, 0.717) is 25.0 Å². The molecule has 3 rings (SSSR count). The van der Waals surface area contributed by atoms with Gasteiger partial charge in [-0.1, -0.05) is 6.07 Å². The van der Waals surface area contributed by atoms with E-state index >= 15 is 0 Å². The van der Waals surface area contributed by atoms with Gasteiger partial charge in [-0.2, -0.15) is 0 Å². The minimum atomic E-state index is 0.425. The highest BCUT2D eigenvalue weighted by molar-refractivity contribution is 6.28. The van der Waals surface area contributed by atoms with Crippen molar-refractivity contribution in [2.45, 2.75) is 13.0 Å². The molecule has 0 amide bonds. The van der Waals surface area contributed by atoms with Crippen molar-refractivity contribution in [1.82, 2.24) is 5.32 Å². The Kier molecular flexibility index (Phi) is 4.14. The van der Waals surface area contributed by atoms with Crippen LogP contribution in [0.25, 0.3) is 0 Å². The second-order valence-corrected chi connectivity index (χ2v) is 4.98. The molecular weight excluding hydrogens is 278 g/mol. The van der Waals surface area contributed by atoms with E-state index in [0.717, 1.165) is 30.2 Å². The summed E-state index contributed by atoms with van der Waals surface area (Å²) in [5, 5.41) is 3.74. The Morgan fingerprint density at radius 3 is 2.70 bits per heavy atom. The minimum Gasteiger partial charge on any atom is -0.486 e. The van der Waals surface area contributed by atoms with Gasteiger partial charge in [-0.25, -0.2) is 0 Å². The molecule has 2 aromatic rings. The van der Waals surface area contributed by atoms with Crippen LogP contribution < -0.4 is 14.8 Å². The van der Waals surface area contributed by atoms with Crippen LogP contribution in [0.2, 0.25) is 5.22 Å². The highest BCUT2D eigenvalue weighted by Gasteiger charge is 2.11. The lowest BCUT2D eigenvalue weighted by Gasteiger charge is -2.18. The van der Waals surface area contributed by atoms with Gasteiger partial charge in [-0.05, 0) is 54.4 Å². The molecule has 1 aromatic heterocycles. The van der Waals surface area contributed by atoms with Crippen LogP contribution >= 0.6 is 11.6 Å². The third-order valence-corrected chi connectivity index (χ3v) is 3.33. The van der Waals surface area contributed by atoms with Crippen molar-refractivity contribution in [2.75, 3.05) is 19.8 Å². The molecule has 0 radical (unpaired) electrons. The number of fused-ring (bicyclic) bond motifs is 1. The minimum absolute atomic E-state index is 0.425. The molecule has 0 aliphatic carbocycles. The Labute approximate surface area is 122 Å². The van der Waals surface area contributed by atoms with Crippen molar-refractivity contribution in [3.05, 3.63) is 46.9 Å². The van der Waals surface area contributed by atoms with E-state index in [1.165, 1.54) is 5.56 Å². The second kappa shape index (κ2) is 6.20. The molecular formula is C15H16ClNO3. The third-order valence-electron chi connectivity index (χ3n) is 3.13. The fraction of sp³-hybridized carbons (Fsp3) is 0.333. The maximum Gasteiger partial charge on any atom is 0.193 e. The van der Waals surface area contributed by atoms with Crippen LogP contribution in [0.3, 0.4) is 0 Å². The summed E-state index contributed by atoms with van der Waals surface area (Å²) >= 11 is 5.72. The molecule has 0 unspecified atom stereocenters. The Hall–Kier alpha value is -1.65. The first-order valence-electron chi connectivity index (χ1n) is 6.65. The lowest BCUT2D eigenvalue weighted by Crippen LogP contribution is -2.17. The first-order chi connectivity index (χ1) is 9.81. The number of benzene rings is 1. The summed E-state index contributed by atoms with van der Waals surface area (Å²) in [5.41, 5.74) is 1.22. The quantitative estimate of drug-likeness (QED) is 0.861. The highest BCUT2D eigenvalue weighted by atomic mass is 35.5. The molecule has 106 valence electrons. The number of rotatable bonds is 5. The monoisotopic (exact) mass is 293 g/mol. The molecule has 4 nitrogen and oxygen atoms in total. The molecule has 0 atom stereocenters. The van der Waals surface area contributed by atoms with Crippen molar-refractivity contribution < 1.29 is 13.9 Å². The summed E-state index contributed by atoms with van der Waals surface area (Å²) in [7, 11) is 0. The van der Waals surface area contributed by atoms with E-state index in [-0.39, 0.29) is 0 Å². The van der Waals surface area contributed by atoms with Crippen molar-refractivity contribution in [1.29, 1.82) is 0 Å². The van der Waals surface area contributed by atoms with Crippen LogP contribution in [0.15, 0.2) is 34.7 Å². The fourth-order valence-corrected chi connectivity index (χ4v) is 2.30. The van der Waals surface area contributed by atoms with Crippen molar-refractivity contribution >= 4 is 11.6 Å². The fourth-order valence-electron chi connectivity index (χ4n) is 2.13. The van der Waals surface area contributed by atoms with E-state index in [2.05, 4.69) is 11.4 Å². The van der Waals surface area contributed by atoms with Gasteiger partial charge in [0.25, 0.3) is 0 Å². The normalized spacial score (nSPS) is 13.4. The van der Waals surface area contributed by atoms with Gasteiger partial charge < -0.3 is 19.2 Å². The first-order valence-corrected chi connectivity index (χ1v) is 7.02. The molecule has 20 heavy (non-hydrogen) atoms. The second-order valence-electron chi connectivity index (χ2n) is 4.61. The SMILES string of the molecule is Clc1ccc(CNCCc2ccc3c(c2)OCCO3)o1. The predicted octanol–water partition coefficient (Wildman–Crippen LogP) is 3.04. The average Bonchev–Trinajstić information content (AvgIpc) is 2.89. The number of ether oxygens (including phenoxy) is 2. The van der Waals surface area contributed by atoms with Crippen LogP contribution in [0, 0.1) is 0 Å². The van der Waals surface area contributed by atoms with Gasteiger partial charge >= 0.3 is 0 Å².